The van der Waals surface area contributed by atoms with Crippen LogP contribution >= 0.6 is 0 Å². The number of H-pyrrole nitrogens is 1. The van der Waals surface area contributed by atoms with Crippen LogP contribution in [0.4, 0.5) is 0 Å². The number of fused-ring (bicyclic) bond motifs is 1. The molecule has 0 fully saturated rings. The zero-order chi connectivity index (χ0) is 8.55. The summed E-state index contributed by atoms with van der Waals surface area (Å²) < 4.78 is 0. The van der Waals surface area contributed by atoms with Crippen molar-refractivity contribution in [3.63, 3.8) is 0 Å². The lowest BCUT2D eigenvalue weighted by atomic mass is 10.3. The monoisotopic (exact) mass is 165 g/mol. The lowest BCUT2D eigenvalue weighted by molar-refractivity contribution is 0.0972. The van der Waals surface area contributed by atoms with E-state index in [9.17, 15) is 4.79 Å². The normalized spacial score (nSPS) is 16.0. The van der Waals surface area contributed by atoms with E-state index < -0.39 is 0 Å². The van der Waals surface area contributed by atoms with Crippen molar-refractivity contribution in [3.8, 4) is 0 Å². The van der Waals surface area contributed by atoms with Gasteiger partial charge in [-0.1, -0.05) is 0 Å². The Morgan fingerprint density at radius 3 is 3.25 bits per heavy atom. The maximum atomic E-state index is 11.2. The second-order valence-corrected chi connectivity index (χ2v) is 2.39. The first-order valence-electron chi connectivity index (χ1n) is 3.41. The highest BCUT2D eigenvalue weighted by Crippen LogP contribution is 2.06. The minimum Gasteiger partial charge on any atom is -0.370 e. The molecule has 2 heterocycles. The molecule has 1 aliphatic rings. The van der Waals surface area contributed by atoms with Gasteiger partial charge in [-0.05, 0) is 0 Å². The van der Waals surface area contributed by atoms with Gasteiger partial charge in [0, 0.05) is 0 Å². The van der Waals surface area contributed by atoms with Crippen molar-refractivity contribution in [2.24, 2.45) is 10.7 Å². The van der Waals surface area contributed by atoms with E-state index >= 15 is 0 Å². The van der Waals surface area contributed by atoms with Crippen molar-refractivity contribution >= 4 is 11.9 Å². The molecular formula is C6H7N5O. The van der Waals surface area contributed by atoms with Gasteiger partial charge in [0.1, 0.15) is 0 Å². The van der Waals surface area contributed by atoms with Gasteiger partial charge in [0.25, 0.3) is 5.91 Å². The number of aromatic nitrogens is 2. The predicted octanol–water partition coefficient (Wildman–Crippen LogP) is -1.03. The highest BCUT2D eigenvalue weighted by atomic mass is 16.2. The zero-order valence-electron chi connectivity index (χ0n) is 6.16. The Morgan fingerprint density at radius 1 is 1.58 bits per heavy atom. The third-order valence-electron chi connectivity index (χ3n) is 1.58. The van der Waals surface area contributed by atoms with Crippen molar-refractivity contribution in [3.05, 3.63) is 17.7 Å². The molecule has 6 nitrogen and oxygen atoms in total. The molecule has 0 spiro atoms. The van der Waals surface area contributed by atoms with Crippen LogP contribution in [0.1, 0.15) is 16.2 Å². The van der Waals surface area contributed by atoms with Crippen LogP contribution in [-0.4, -0.2) is 21.8 Å². The van der Waals surface area contributed by atoms with Crippen LogP contribution in [0, 0.1) is 0 Å². The van der Waals surface area contributed by atoms with Gasteiger partial charge in [0.05, 0.1) is 18.6 Å². The van der Waals surface area contributed by atoms with Crippen LogP contribution in [0.5, 0.6) is 0 Å². The molecule has 0 atom stereocenters. The number of hydrogen-bond donors (Lipinski definition) is 3. The molecule has 0 radical (unpaired) electrons. The fourth-order valence-electron chi connectivity index (χ4n) is 1.02. The molecule has 12 heavy (non-hydrogen) atoms. The SMILES string of the molecule is NC1=NCc2[nH]cnc2C(=O)N1. The number of rotatable bonds is 0. The van der Waals surface area contributed by atoms with E-state index in [1.165, 1.54) is 6.33 Å². The Morgan fingerprint density at radius 2 is 2.42 bits per heavy atom. The smallest absolute Gasteiger partial charge is 0.278 e. The molecule has 4 N–H and O–H groups in total. The van der Waals surface area contributed by atoms with Gasteiger partial charge >= 0.3 is 0 Å². The quantitative estimate of drug-likeness (QED) is 0.458. The topological polar surface area (TPSA) is 96.2 Å². The average Bonchev–Trinajstić information content (AvgIpc) is 2.43. The average molecular weight is 165 g/mol. The Hall–Kier alpha value is -1.85. The van der Waals surface area contributed by atoms with Gasteiger partial charge in [-0.2, -0.15) is 0 Å². The molecule has 0 aliphatic carbocycles. The molecule has 0 saturated carbocycles. The van der Waals surface area contributed by atoms with E-state index in [2.05, 4.69) is 20.3 Å². The zero-order valence-corrected chi connectivity index (χ0v) is 6.16. The largest absolute Gasteiger partial charge is 0.370 e. The molecule has 2 rings (SSSR count). The van der Waals surface area contributed by atoms with Crippen LogP contribution in [0.25, 0.3) is 0 Å². The molecule has 1 aromatic rings. The fourth-order valence-corrected chi connectivity index (χ4v) is 1.02. The second-order valence-electron chi connectivity index (χ2n) is 2.39. The molecule has 0 unspecified atom stereocenters. The summed E-state index contributed by atoms with van der Waals surface area (Å²) in [6.45, 7) is 0.361. The minimum absolute atomic E-state index is 0.131. The number of carbonyl (C=O) groups is 1. The second kappa shape index (κ2) is 2.33. The van der Waals surface area contributed by atoms with Crippen LogP contribution in [0.3, 0.4) is 0 Å². The predicted molar refractivity (Wildman–Crippen MR) is 41.4 cm³/mol. The van der Waals surface area contributed by atoms with Crippen molar-refractivity contribution in [1.82, 2.24) is 15.3 Å². The lowest BCUT2D eigenvalue weighted by Crippen LogP contribution is -2.35. The molecule has 1 aliphatic heterocycles. The first kappa shape index (κ1) is 6.84. The number of guanidine groups is 1. The Kier molecular flexibility index (Phi) is 1.33. The van der Waals surface area contributed by atoms with Gasteiger partial charge in [-0.3, -0.25) is 10.1 Å². The van der Waals surface area contributed by atoms with E-state index in [-0.39, 0.29) is 11.9 Å². The van der Waals surface area contributed by atoms with Crippen LogP contribution in [-0.2, 0) is 6.54 Å². The summed E-state index contributed by atoms with van der Waals surface area (Å²) in [7, 11) is 0. The maximum Gasteiger partial charge on any atom is 0.278 e. The minimum atomic E-state index is -0.315. The highest BCUT2D eigenvalue weighted by Gasteiger charge is 2.17. The summed E-state index contributed by atoms with van der Waals surface area (Å²) in [6.07, 6.45) is 1.46. The van der Waals surface area contributed by atoms with Gasteiger partial charge in [-0.15, -0.1) is 0 Å². The van der Waals surface area contributed by atoms with E-state index in [0.717, 1.165) is 0 Å². The van der Waals surface area contributed by atoms with Gasteiger partial charge < -0.3 is 10.7 Å². The fraction of sp³-hybridized carbons (Fsp3) is 0.167. The molecule has 1 amide bonds. The molecule has 1 aromatic heterocycles. The number of aliphatic imine (C=N–C) groups is 1. The van der Waals surface area contributed by atoms with Crippen LogP contribution in [0.15, 0.2) is 11.3 Å². The first-order valence-corrected chi connectivity index (χ1v) is 3.41. The summed E-state index contributed by atoms with van der Waals surface area (Å²) >= 11 is 0. The van der Waals surface area contributed by atoms with Gasteiger partial charge in [-0.25, -0.2) is 9.98 Å². The van der Waals surface area contributed by atoms with Crippen molar-refractivity contribution in [2.45, 2.75) is 6.54 Å². The standard InChI is InChI=1S/C6H7N5O/c7-6-8-1-3-4(5(12)11-6)10-2-9-3/h2H,1H2,(H,9,10)(H3,7,8,11,12). The number of nitrogens with two attached hydrogens (primary N) is 1. The van der Waals surface area contributed by atoms with Crippen LogP contribution in [0.2, 0.25) is 0 Å². The third kappa shape index (κ3) is 0.931. The number of imidazole rings is 1. The summed E-state index contributed by atoms with van der Waals surface area (Å²) in [4.78, 5) is 21.8. The molecule has 6 heteroatoms. The summed E-state index contributed by atoms with van der Waals surface area (Å²) in [5.74, 6) is -0.184. The van der Waals surface area contributed by atoms with E-state index in [0.29, 0.717) is 17.9 Å². The van der Waals surface area contributed by atoms with E-state index in [1.54, 1.807) is 0 Å². The van der Waals surface area contributed by atoms with Crippen LogP contribution < -0.4 is 11.1 Å². The number of nitrogens with one attached hydrogen (secondary N) is 2. The van der Waals surface area contributed by atoms with Crippen molar-refractivity contribution < 1.29 is 4.79 Å². The molecular weight excluding hydrogens is 158 g/mol. The maximum absolute atomic E-state index is 11.2. The highest BCUT2D eigenvalue weighted by molar-refractivity contribution is 6.05. The first-order chi connectivity index (χ1) is 5.77. The molecule has 0 bridgehead atoms. The van der Waals surface area contributed by atoms with Gasteiger partial charge in [0.15, 0.2) is 11.7 Å². The number of carbonyl (C=O) groups excluding carboxylic acids is 1. The number of hydrogen-bond acceptors (Lipinski definition) is 4. The van der Waals surface area contributed by atoms with E-state index in [4.69, 9.17) is 5.73 Å². The van der Waals surface area contributed by atoms with Crippen molar-refractivity contribution in [1.29, 1.82) is 0 Å². The summed E-state index contributed by atoms with van der Waals surface area (Å²) in [5, 5.41) is 2.39. The van der Waals surface area contributed by atoms with Gasteiger partial charge in [0.2, 0.25) is 0 Å². The number of aromatic amines is 1. The van der Waals surface area contributed by atoms with Crippen molar-refractivity contribution in [2.75, 3.05) is 0 Å². The number of nitrogens with zero attached hydrogens (tertiary/aromatic N) is 2. The molecule has 62 valence electrons. The molecule has 0 saturated heterocycles. The molecule has 0 aromatic carbocycles. The van der Waals surface area contributed by atoms with E-state index in [1.807, 2.05) is 0 Å². The Bertz CT molecular complexity index is 353. The Labute approximate surface area is 67.9 Å². The summed E-state index contributed by atoms with van der Waals surface area (Å²) in [5.41, 5.74) is 6.39. The lowest BCUT2D eigenvalue weighted by Gasteiger charge is -1.96. The Balaban J connectivity index is 2.46. The summed E-state index contributed by atoms with van der Waals surface area (Å²) in [6, 6.07) is 0. The number of amides is 1. The third-order valence-corrected chi connectivity index (χ3v) is 1.58.